The number of benzene rings is 1. The Hall–Kier alpha value is -1.26. The first-order valence-electron chi connectivity index (χ1n) is 7.18. The summed E-state index contributed by atoms with van der Waals surface area (Å²) in [4.78, 5) is 7.06. The monoisotopic (exact) mass is 288 g/mol. The molecule has 1 unspecified atom stereocenters. The Balaban J connectivity index is 2.04. The lowest BCUT2D eigenvalue weighted by atomic mass is 10.1. The molecule has 2 aromatic rings. The normalized spacial score (nSPS) is 19.5. The van der Waals surface area contributed by atoms with Crippen LogP contribution < -0.4 is 4.90 Å². The van der Waals surface area contributed by atoms with E-state index in [0.717, 1.165) is 35.7 Å². The Morgan fingerprint density at radius 1 is 1.40 bits per heavy atom. The van der Waals surface area contributed by atoms with Crippen LogP contribution in [0.4, 0.5) is 5.82 Å². The lowest BCUT2D eigenvalue weighted by molar-refractivity contribution is 0.277. The molecule has 3 nitrogen and oxygen atoms in total. The van der Waals surface area contributed by atoms with Gasteiger partial charge in [0.2, 0.25) is 0 Å². The van der Waals surface area contributed by atoms with Crippen molar-refractivity contribution in [2.24, 2.45) is 0 Å². The molecule has 0 aliphatic carbocycles. The smallest absolute Gasteiger partial charge is 0.136 e. The molecule has 4 heteroatoms. The minimum atomic E-state index is -0.00235. The molecule has 0 bridgehead atoms. The molecule has 0 spiro atoms. The summed E-state index contributed by atoms with van der Waals surface area (Å²) in [5, 5.41) is 12.5. The number of hydrogen-bond acceptors (Lipinski definition) is 4. The molecule has 2 heterocycles. The topological polar surface area (TPSA) is 36.4 Å². The molecular weight excluding hydrogens is 268 g/mol. The minimum absolute atomic E-state index is 0.00235. The molecule has 1 saturated heterocycles. The molecule has 1 aromatic carbocycles. The molecule has 106 valence electrons. The van der Waals surface area contributed by atoms with Crippen LogP contribution in [-0.2, 0) is 6.61 Å². The second kappa shape index (κ2) is 6.02. The molecule has 0 saturated carbocycles. The molecule has 1 aliphatic heterocycles. The maximum Gasteiger partial charge on any atom is 0.136 e. The number of thioether (sulfide) groups is 1. The van der Waals surface area contributed by atoms with Crippen LogP contribution in [0.15, 0.2) is 30.3 Å². The van der Waals surface area contributed by atoms with Gasteiger partial charge in [-0.05, 0) is 17.9 Å². The fourth-order valence-electron chi connectivity index (χ4n) is 2.72. The third-order valence-electron chi connectivity index (χ3n) is 3.83. The van der Waals surface area contributed by atoms with E-state index in [1.54, 1.807) is 0 Å². The number of pyridine rings is 1. The number of fused-ring (bicyclic) bond motifs is 1. The summed E-state index contributed by atoms with van der Waals surface area (Å²) in [6.07, 6.45) is 1.19. The zero-order valence-electron chi connectivity index (χ0n) is 11.7. The van der Waals surface area contributed by atoms with E-state index >= 15 is 0 Å². The van der Waals surface area contributed by atoms with E-state index in [1.807, 2.05) is 12.1 Å². The van der Waals surface area contributed by atoms with Gasteiger partial charge in [0.05, 0.1) is 12.3 Å². The fourth-order valence-corrected chi connectivity index (χ4v) is 3.90. The van der Waals surface area contributed by atoms with Crippen LogP contribution in [0.5, 0.6) is 0 Å². The average Bonchev–Trinajstić information content (AvgIpc) is 2.53. The van der Waals surface area contributed by atoms with Crippen LogP contribution in [0.25, 0.3) is 10.8 Å². The molecule has 0 amide bonds. The highest BCUT2D eigenvalue weighted by molar-refractivity contribution is 8.00. The highest BCUT2D eigenvalue weighted by Gasteiger charge is 2.21. The first kappa shape index (κ1) is 13.7. The summed E-state index contributed by atoms with van der Waals surface area (Å²) in [5.74, 6) is 2.18. The molecule has 1 aromatic heterocycles. The highest BCUT2D eigenvalue weighted by Crippen LogP contribution is 2.30. The van der Waals surface area contributed by atoms with Crippen molar-refractivity contribution in [3.8, 4) is 0 Å². The fraction of sp³-hybridized carbons (Fsp3) is 0.438. The summed E-state index contributed by atoms with van der Waals surface area (Å²) < 4.78 is 0. The summed E-state index contributed by atoms with van der Waals surface area (Å²) in [6, 6.07) is 10.3. The van der Waals surface area contributed by atoms with Crippen LogP contribution in [0, 0.1) is 0 Å². The standard InChI is InChI=1S/C16H20N2OS/c1-2-14-10-18(7-8-20-14)16-15-6-4-3-5-12(15)9-13(11-19)17-16/h3-6,9,14,19H,2,7-8,10-11H2,1H3. The molecule has 3 rings (SSSR count). The second-order valence-electron chi connectivity index (χ2n) is 5.16. The van der Waals surface area contributed by atoms with Crippen molar-refractivity contribution in [3.05, 3.63) is 36.0 Å². The van der Waals surface area contributed by atoms with Crippen LogP contribution in [-0.4, -0.2) is 34.2 Å². The van der Waals surface area contributed by atoms with Gasteiger partial charge in [-0.15, -0.1) is 0 Å². The van der Waals surface area contributed by atoms with Gasteiger partial charge in [0.25, 0.3) is 0 Å². The van der Waals surface area contributed by atoms with Gasteiger partial charge in [0.1, 0.15) is 5.82 Å². The zero-order valence-corrected chi connectivity index (χ0v) is 12.6. The van der Waals surface area contributed by atoms with E-state index in [-0.39, 0.29) is 6.61 Å². The molecular formula is C16H20N2OS. The third-order valence-corrected chi connectivity index (χ3v) is 5.20. The van der Waals surface area contributed by atoms with E-state index < -0.39 is 0 Å². The predicted octanol–water partition coefficient (Wildman–Crippen LogP) is 3.06. The molecule has 0 radical (unpaired) electrons. The van der Waals surface area contributed by atoms with Gasteiger partial charge in [-0.2, -0.15) is 11.8 Å². The molecule has 1 fully saturated rings. The molecule has 20 heavy (non-hydrogen) atoms. The Morgan fingerprint density at radius 3 is 3.05 bits per heavy atom. The van der Waals surface area contributed by atoms with E-state index in [9.17, 15) is 5.11 Å². The van der Waals surface area contributed by atoms with Gasteiger partial charge in [0.15, 0.2) is 0 Å². The summed E-state index contributed by atoms with van der Waals surface area (Å²) in [7, 11) is 0. The van der Waals surface area contributed by atoms with Gasteiger partial charge in [-0.1, -0.05) is 31.2 Å². The number of aliphatic hydroxyl groups excluding tert-OH is 1. The van der Waals surface area contributed by atoms with Gasteiger partial charge in [-0.3, -0.25) is 0 Å². The van der Waals surface area contributed by atoms with Crippen molar-refractivity contribution in [1.82, 2.24) is 4.98 Å². The Labute approximate surface area is 124 Å². The van der Waals surface area contributed by atoms with Crippen molar-refractivity contribution in [2.45, 2.75) is 25.2 Å². The Kier molecular flexibility index (Phi) is 4.13. The van der Waals surface area contributed by atoms with Crippen LogP contribution in [0.3, 0.4) is 0 Å². The third kappa shape index (κ3) is 2.63. The van der Waals surface area contributed by atoms with E-state index in [0.29, 0.717) is 5.25 Å². The first-order chi connectivity index (χ1) is 9.81. The number of aliphatic hydroxyl groups is 1. The molecule has 1 N–H and O–H groups in total. The summed E-state index contributed by atoms with van der Waals surface area (Å²) in [6.45, 7) is 4.33. The van der Waals surface area contributed by atoms with Crippen LogP contribution in [0.1, 0.15) is 19.0 Å². The van der Waals surface area contributed by atoms with E-state index in [4.69, 9.17) is 0 Å². The van der Waals surface area contributed by atoms with Crippen molar-refractivity contribution in [3.63, 3.8) is 0 Å². The number of hydrogen-bond donors (Lipinski definition) is 1. The van der Waals surface area contributed by atoms with Crippen LogP contribution >= 0.6 is 11.8 Å². The average molecular weight is 288 g/mol. The highest BCUT2D eigenvalue weighted by atomic mass is 32.2. The SMILES string of the molecule is CCC1CN(c2nc(CO)cc3ccccc23)CCS1. The second-order valence-corrected chi connectivity index (χ2v) is 6.57. The van der Waals surface area contributed by atoms with Gasteiger partial charge in [0, 0.05) is 29.5 Å². The summed E-state index contributed by atoms with van der Waals surface area (Å²) >= 11 is 2.06. The number of rotatable bonds is 3. The van der Waals surface area contributed by atoms with Crippen LogP contribution in [0.2, 0.25) is 0 Å². The summed E-state index contributed by atoms with van der Waals surface area (Å²) in [5.41, 5.74) is 0.755. The molecule has 1 atom stereocenters. The maximum absolute atomic E-state index is 9.43. The van der Waals surface area contributed by atoms with Crippen molar-refractivity contribution < 1.29 is 5.11 Å². The number of anilines is 1. The quantitative estimate of drug-likeness (QED) is 0.941. The predicted molar refractivity (Wildman–Crippen MR) is 86.4 cm³/mol. The lowest BCUT2D eigenvalue weighted by Gasteiger charge is -2.33. The minimum Gasteiger partial charge on any atom is -0.390 e. The van der Waals surface area contributed by atoms with Crippen molar-refractivity contribution >= 4 is 28.4 Å². The number of aromatic nitrogens is 1. The Bertz CT molecular complexity index is 602. The first-order valence-corrected chi connectivity index (χ1v) is 8.22. The van der Waals surface area contributed by atoms with Crippen molar-refractivity contribution in [1.29, 1.82) is 0 Å². The zero-order chi connectivity index (χ0) is 13.9. The largest absolute Gasteiger partial charge is 0.390 e. The van der Waals surface area contributed by atoms with Gasteiger partial charge in [-0.25, -0.2) is 4.98 Å². The van der Waals surface area contributed by atoms with Gasteiger partial charge >= 0.3 is 0 Å². The number of nitrogens with zero attached hydrogens (tertiary/aromatic N) is 2. The maximum atomic E-state index is 9.43. The van der Waals surface area contributed by atoms with E-state index in [2.05, 4.69) is 46.8 Å². The molecule has 1 aliphatic rings. The Morgan fingerprint density at radius 2 is 2.25 bits per heavy atom. The van der Waals surface area contributed by atoms with Gasteiger partial charge < -0.3 is 10.0 Å². The van der Waals surface area contributed by atoms with Crippen molar-refractivity contribution in [2.75, 3.05) is 23.7 Å². The lowest BCUT2D eigenvalue weighted by Crippen LogP contribution is -2.38. The van der Waals surface area contributed by atoms with E-state index in [1.165, 1.54) is 11.8 Å².